The zero-order chi connectivity index (χ0) is 21.3. The Kier molecular flexibility index (Phi) is 8.21. The van der Waals surface area contributed by atoms with Crippen LogP contribution >= 0.6 is 0 Å². The lowest BCUT2D eigenvalue weighted by Gasteiger charge is -2.16. The molecule has 3 aromatic carbocycles. The molecule has 2 atom stereocenters. The molecule has 5 nitrogen and oxygen atoms in total. The first-order valence-corrected chi connectivity index (χ1v) is 11.5. The minimum absolute atomic E-state index is 0.125. The molecule has 0 N–H and O–H groups in total. The number of hydrogen-bond donors (Lipinski definition) is 0. The standard InChI is InChI=1S/C23H22O5S2/c1-18-12-14-19(15-13-18)23(24)20(16-27-29(25)21-8-4-2-5-9-21)17-28-30(26)22-10-6-3-7-11-22/h2-15,20H,16-17H2,1H3. The van der Waals surface area contributed by atoms with E-state index >= 15 is 0 Å². The lowest BCUT2D eigenvalue weighted by atomic mass is 9.98. The van der Waals surface area contributed by atoms with Crippen molar-refractivity contribution in [2.45, 2.75) is 16.7 Å². The second kappa shape index (κ2) is 11.1. The van der Waals surface area contributed by atoms with E-state index in [4.69, 9.17) is 8.37 Å². The zero-order valence-corrected chi connectivity index (χ0v) is 18.1. The minimum Gasteiger partial charge on any atom is -0.294 e. The van der Waals surface area contributed by atoms with Crippen molar-refractivity contribution < 1.29 is 21.6 Å². The molecule has 0 aliphatic heterocycles. The summed E-state index contributed by atoms with van der Waals surface area (Å²) in [6, 6.07) is 24.6. The summed E-state index contributed by atoms with van der Waals surface area (Å²) in [6.07, 6.45) is 0. The molecule has 0 spiro atoms. The van der Waals surface area contributed by atoms with E-state index in [0.717, 1.165) is 5.56 Å². The van der Waals surface area contributed by atoms with Crippen molar-refractivity contribution in [3.05, 3.63) is 96.1 Å². The third kappa shape index (κ3) is 6.27. The maximum absolute atomic E-state index is 13.0. The number of aryl methyl sites for hydroxylation is 1. The summed E-state index contributed by atoms with van der Waals surface area (Å²) in [7, 11) is 0. The van der Waals surface area contributed by atoms with E-state index in [1.165, 1.54) is 0 Å². The van der Waals surface area contributed by atoms with Crippen LogP contribution in [0.25, 0.3) is 0 Å². The van der Waals surface area contributed by atoms with Crippen LogP contribution in [0.4, 0.5) is 0 Å². The van der Waals surface area contributed by atoms with E-state index in [1.807, 2.05) is 31.2 Å². The predicted molar refractivity (Wildman–Crippen MR) is 117 cm³/mol. The van der Waals surface area contributed by atoms with Crippen LogP contribution in [0.5, 0.6) is 0 Å². The van der Waals surface area contributed by atoms with Gasteiger partial charge in [0.1, 0.15) is 0 Å². The van der Waals surface area contributed by atoms with Gasteiger partial charge in [-0.05, 0) is 31.2 Å². The molecular formula is C23H22O5S2. The Balaban J connectivity index is 1.70. The highest BCUT2D eigenvalue weighted by Crippen LogP contribution is 2.16. The molecule has 0 amide bonds. The van der Waals surface area contributed by atoms with Crippen LogP contribution in [0.15, 0.2) is 94.7 Å². The van der Waals surface area contributed by atoms with Gasteiger partial charge in [-0.3, -0.25) is 13.2 Å². The van der Waals surface area contributed by atoms with Gasteiger partial charge in [0, 0.05) is 5.56 Å². The Bertz CT molecular complexity index is 949. The molecule has 0 aromatic heterocycles. The van der Waals surface area contributed by atoms with Crippen molar-refractivity contribution in [3.8, 4) is 0 Å². The van der Waals surface area contributed by atoms with Crippen molar-refractivity contribution in [3.63, 3.8) is 0 Å². The lowest BCUT2D eigenvalue weighted by molar-refractivity contribution is 0.0828. The van der Waals surface area contributed by atoms with Gasteiger partial charge >= 0.3 is 0 Å². The predicted octanol–water partition coefficient (Wildman–Crippen LogP) is 4.27. The highest BCUT2D eigenvalue weighted by molar-refractivity contribution is 7.80. The van der Waals surface area contributed by atoms with Gasteiger partial charge in [-0.1, -0.05) is 66.2 Å². The molecule has 30 heavy (non-hydrogen) atoms. The van der Waals surface area contributed by atoms with Crippen molar-refractivity contribution in [2.75, 3.05) is 13.2 Å². The molecule has 0 heterocycles. The zero-order valence-electron chi connectivity index (χ0n) is 16.4. The molecular weight excluding hydrogens is 420 g/mol. The SMILES string of the molecule is Cc1ccc(C(=O)C(COS(=O)c2ccccc2)COS(=O)c2ccccc2)cc1. The normalized spacial score (nSPS) is 14.0. The quantitative estimate of drug-likeness (QED) is 0.439. The molecule has 0 radical (unpaired) electrons. The number of ketones is 1. The topological polar surface area (TPSA) is 69.7 Å². The van der Waals surface area contributed by atoms with Crippen LogP contribution in [0.3, 0.4) is 0 Å². The van der Waals surface area contributed by atoms with Crippen LogP contribution in [0, 0.1) is 12.8 Å². The van der Waals surface area contributed by atoms with Gasteiger partial charge in [-0.25, -0.2) is 8.42 Å². The molecule has 3 aromatic rings. The molecule has 7 heteroatoms. The van der Waals surface area contributed by atoms with E-state index in [9.17, 15) is 13.2 Å². The fourth-order valence-corrected chi connectivity index (χ4v) is 4.25. The summed E-state index contributed by atoms with van der Waals surface area (Å²) in [5, 5.41) is 0. The Morgan fingerprint density at radius 2 is 1.17 bits per heavy atom. The van der Waals surface area contributed by atoms with Crippen LogP contribution in [-0.2, 0) is 30.5 Å². The monoisotopic (exact) mass is 442 g/mol. The number of rotatable bonds is 10. The average molecular weight is 443 g/mol. The van der Waals surface area contributed by atoms with Crippen molar-refractivity contribution in [1.82, 2.24) is 0 Å². The molecule has 3 rings (SSSR count). The summed E-state index contributed by atoms with van der Waals surface area (Å²) in [4.78, 5) is 14.0. The first-order chi connectivity index (χ1) is 14.5. The third-order valence-electron chi connectivity index (χ3n) is 4.33. The first-order valence-electron chi connectivity index (χ1n) is 9.35. The van der Waals surface area contributed by atoms with E-state index in [0.29, 0.717) is 15.4 Å². The molecule has 0 aliphatic rings. The number of carbonyl (C=O) groups excluding carboxylic acids is 1. The van der Waals surface area contributed by atoms with E-state index < -0.39 is 28.1 Å². The molecule has 156 valence electrons. The maximum Gasteiger partial charge on any atom is 0.189 e. The van der Waals surface area contributed by atoms with Crippen molar-refractivity contribution in [1.29, 1.82) is 0 Å². The number of hydrogen-bond acceptors (Lipinski definition) is 5. The molecule has 0 bridgehead atoms. The van der Waals surface area contributed by atoms with Crippen LogP contribution < -0.4 is 0 Å². The second-order valence-electron chi connectivity index (χ2n) is 6.59. The maximum atomic E-state index is 13.0. The Hall–Kier alpha value is -2.45. The summed E-state index contributed by atoms with van der Waals surface area (Å²) < 4.78 is 35.7. The molecule has 0 saturated heterocycles. The summed E-state index contributed by atoms with van der Waals surface area (Å²) in [5.74, 6) is -0.974. The Morgan fingerprint density at radius 1 is 0.733 bits per heavy atom. The number of benzene rings is 3. The minimum atomic E-state index is -1.71. The average Bonchev–Trinajstić information content (AvgIpc) is 2.80. The summed E-state index contributed by atoms with van der Waals surface area (Å²) >= 11 is -3.43. The highest BCUT2D eigenvalue weighted by Gasteiger charge is 2.24. The highest BCUT2D eigenvalue weighted by atomic mass is 32.2. The van der Waals surface area contributed by atoms with E-state index in [-0.39, 0.29) is 19.0 Å². The smallest absolute Gasteiger partial charge is 0.189 e. The van der Waals surface area contributed by atoms with Crippen LogP contribution in [-0.4, -0.2) is 27.4 Å². The van der Waals surface area contributed by atoms with Gasteiger partial charge < -0.3 is 0 Å². The molecule has 2 unspecified atom stereocenters. The fourth-order valence-electron chi connectivity index (χ4n) is 2.64. The van der Waals surface area contributed by atoms with Gasteiger partial charge in [-0.15, -0.1) is 0 Å². The molecule has 0 aliphatic carbocycles. The van der Waals surface area contributed by atoms with Crippen molar-refractivity contribution >= 4 is 27.9 Å². The third-order valence-corrected chi connectivity index (χ3v) is 6.35. The number of carbonyl (C=O) groups is 1. The van der Waals surface area contributed by atoms with Crippen LogP contribution in [0.2, 0.25) is 0 Å². The van der Waals surface area contributed by atoms with E-state index in [2.05, 4.69) is 0 Å². The van der Waals surface area contributed by atoms with Crippen molar-refractivity contribution in [2.24, 2.45) is 5.92 Å². The van der Waals surface area contributed by atoms with Gasteiger partial charge in [0.15, 0.2) is 27.9 Å². The van der Waals surface area contributed by atoms with Gasteiger partial charge in [0.2, 0.25) is 0 Å². The van der Waals surface area contributed by atoms with Crippen LogP contribution in [0.1, 0.15) is 15.9 Å². The Labute approximate surface area is 181 Å². The fraction of sp³-hybridized carbons (Fsp3) is 0.174. The molecule has 0 saturated carbocycles. The summed E-state index contributed by atoms with van der Waals surface area (Å²) in [5.41, 5.74) is 1.53. The Morgan fingerprint density at radius 3 is 1.60 bits per heavy atom. The van der Waals surface area contributed by atoms with Gasteiger partial charge in [0.25, 0.3) is 0 Å². The van der Waals surface area contributed by atoms with Gasteiger partial charge in [-0.2, -0.15) is 0 Å². The largest absolute Gasteiger partial charge is 0.294 e. The van der Waals surface area contributed by atoms with Gasteiger partial charge in [0.05, 0.1) is 28.9 Å². The van der Waals surface area contributed by atoms with E-state index in [1.54, 1.807) is 60.7 Å². The second-order valence-corrected chi connectivity index (χ2v) is 8.94. The summed E-state index contributed by atoms with van der Waals surface area (Å²) in [6.45, 7) is 1.68. The lowest BCUT2D eigenvalue weighted by Crippen LogP contribution is -2.26. The molecule has 0 fully saturated rings. The number of Topliss-reactive ketones (excluding diaryl/α,β-unsaturated/α-hetero) is 1. The first kappa shape index (κ1) is 22.2.